The van der Waals surface area contributed by atoms with Gasteiger partial charge in [-0.1, -0.05) is 35.6 Å². The quantitative estimate of drug-likeness (QED) is 0.645. The first-order valence-corrected chi connectivity index (χ1v) is 10.7. The smallest absolute Gasteiger partial charge is 0.271 e. The molecule has 1 aliphatic rings. The number of benzene rings is 2. The number of thiazole rings is 1. The zero-order chi connectivity index (χ0) is 23.0. The third-order valence-electron chi connectivity index (χ3n) is 5.34. The standard InChI is InChI=1S/C24H22N2O5S/c1-13-21(14(2)27)22(16-7-5-6-8-18(16)30-3)26-23(29)20(32-24(26)25-13)12-15-9-10-17(28)19(11-15)31-4/h5-12,22,28H,1-4H3/b20-12+/t22-/m1/s1. The predicted octanol–water partition coefficient (Wildman–Crippen LogP) is 2.55. The molecule has 0 bridgehead atoms. The number of hydrogen-bond acceptors (Lipinski definition) is 7. The van der Waals surface area contributed by atoms with Gasteiger partial charge in [0, 0.05) is 16.8 Å². The molecule has 1 atom stereocenters. The largest absolute Gasteiger partial charge is 0.504 e. The van der Waals surface area contributed by atoms with Crippen LogP contribution in [0.3, 0.4) is 0 Å². The lowest BCUT2D eigenvalue weighted by atomic mass is 9.93. The molecule has 2 aromatic carbocycles. The lowest BCUT2D eigenvalue weighted by Crippen LogP contribution is -2.39. The van der Waals surface area contributed by atoms with Gasteiger partial charge in [0.1, 0.15) is 5.75 Å². The van der Waals surface area contributed by atoms with Gasteiger partial charge in [0.05, 0.1) is 24.8 Å². The fourth-order valence-electron chi connectivity index (χ4n) is 3.89. The summed E-state index contributed by atoms with van der Waals surface area (Å²) in [5.74, 6) is 0.764. The van der Waals surface area contributed by atoms with E-state index in [9.17, 15) is 14.7 Å². The molecule has 1 aliphatic heterocycles. The van der Waals surface area contributed by atoms with E-state index in [4.69, 9.17) is 9.47 Å². The third kappa shape index (κ3) is 3.62. The molecule has 0 unspecified atom stereocenters. The van der Waals surface area contributed by atoms with Crippen molar-refractivity contribution in [1.29, 1.82) is 0 Å². The molecule has 4 rings (SSSR count). The van der Waals surface area contributed by atoms with Crippen molar-refractivity contribution in [3.05, 3.63) is 84.5 Å². The molecule has 0 spiro atoms. The number of fused-ring (bicyclic) bond motifs is 1. The highest BCUT2D eigenvalue weighted by Crippen LogP contribution is 2.35. The van der Waals surface area contributed by atoms with Gasteiger partial charge in [-0.05, 0) is 43.7 Å². The van der Waals surface area contributed by atoms with Crippen molar-refractivity contribution in [1.82, 2.24) is 4.57 Å². The zero-order valence-electron chi connectivity index (χ0n) is 18.1. The maximum absolute atomic E-state index is 13.5. The van der Waals surface area contributed by atoms with Gasteiger partial charge in [-0.3, -0.25) is 14.2 Å². The van der Waals surface area contributed by atoms with E-state index >= 15 is 0 Å². The average molecular weight is 451 g/mol. The second-order valence-electron chi connectivity index (χ2n) is 7.31. The lowest BCUT2D eigenvalue weighted by molar-refractivity contribution is -0.114. The number of phenolic OH excluding ortho intramolecular Hbond substituents is 1. The molecule has 2 heterocycles. The van der Waals surface area contributed by atoms with Gasteiger partial charge in [0.25, 0.3) is 5.56 Å². The van der Waals surface area contributed by atoms with Crippen LogP contribution in [0.4, 0.5) is 0 Å². The molecule has 0 saturated carbocycles. The van der Waals surface area contributed by atoms with Gasteiger partial charge < -0.3 is 14.6 Å². The highest BCUT2D eigenvalue weighted by molar-refractivity contribution is 7.07. The second kappa shape index (κ2) is 8.47. The van der Waals surface area contributed by atoms with Crippen molar-refractivity contribution in [3.8, 4) is 17.2 Å². The van der Waals surface area contributed by atoms with Crippen molar-refractivity contribution in [2.24, 2.45) is 4.99 Å². The summed E-state index contributed by atoms with van der Waals surface area (Å²) in [6, 6.07) is 11.6. The first-order chi connectivity index (χ1) is 15.3. The van der Waals surface area contributed by atoms with E-state index in [-0.39, 0.29) is 17.1 Å². The SMILES string of the molecule is COc1cc(/C=c2/sc3n(c2=O)[C@H](c2ccccc2OC)C(C(C)=O)=C(C)N=3)ccc1O. The first kappa shape index (κ1) is 21.6. The molecule has 3 aromatic rings. The third-order valence-corrected chi connectivity index (χ3v) is 6.32. The monoisotopic (exact) mass is 450 g/mol. The Labute approximate surface area is 188 Å². The number of Topliss-reactive ketones (excluding diaryl/α,β-unsaturated/α-hetero) is 1. The van der Waals surface area contributed by atoms with Gasteiger partial charge in [-0.2, -0.15) is 0 Å². The number of ether oxygens (including phenoxy) is 2. The summed E-state index contributed by atoms with van der Waals surface area (Å²) in [4.78, 5) is 31.2. The van der Waals surface area contributed by atoms with Gasteiger partial charge in [0.2, 0.25) is 0 Å². The Kier molecular flexibility index (Phi) is 5.71. The number of carbonyl (C=O) groups excluding carboxylic acids is 1. The maximum Gasteiger partial charge on any atom is 0.271 e. The highest BCUT2D eigenvalue weighted by Gasteiger charge is 2.32. The number of aromatic nitrogens is 1. The number of methoxy groups -OCH3 is 2. The van der Waals surface area contributed by atoms with E-state index < -0.39 is 6.04 Å². The molecule has 1 aromatic heterocycles. The van der Waals surface area contributed by atoms with Crippen LogP contribution in [0, 0.1) is 0 Å². The minimum absolute atomic E-state index is 0.0176. The zero-order valence-corrected chi connectivity index (χ0v) is 18.9. The average Bonchev–Trinajstić information content (AvgIpc) is 3.08. The number of allylic oxidation sites excluding steroid dienone is 2. The van der Waals surface area contributed by atoms with Gasteiger partial charge in [-0.25, -0.2) is 4.99 Å². The molecular formula is C24H22N2O5S. The van der Waals surface area contributed by atoms with E-state index in [1.807, 2.05) is 18.2 Å². The van der Waals surface area contributed by atoms with Crippen LogP contribution in [0.15, 0.2) is 63.5 Å². The predicted molar refractivity (Wildman–Crippen MR) is 122 cm³/mol. The van der Waals surface area contributed by atoms with Crippen LogP contribution in [-0.4, -0.2) is 29.7 Å². The van der Waals surface area contributed by atoms with E-state index in [1.165, 1.54) is 31.4 Å². The molecule has 0 saturated heterocycles. The summed E-state index contributed by atoms with van der Waals surface area (Å²) in [6.07, 6.45) is 1.72. The summed E-state index contributed by atoms with van der Waals surface area (Å²) < 4.78 is 12.7. The number of carbonyl (C=O) groups is 1. The molecular weight excluding hydrogens is 428 g/mol. The van der Waals surface area contributed by atoms with Crippen molar-refractivity contribution >= 4 is 23.2 Å². The Bertz CT molecular complexity index is 1430. The number of hydrogen-bond donors (Lipinski definition) is 1. The Morgan fingerprint density at radius 1 is 1.16 bits per heavy atom. The maximum atomic E-state index is 13.5. The molecule has 8 heteroatoms. The molecule has 32 heavy (non-hydrogen) atoms. The number of aromatic hydroxyl groups is 1. The van der Waals surface area contributed by atoms with Crippen molar-refractivity contribution < 1.29 is 19.4 Å². The molecule has 0 aliphatic carbocycles. The fourth-order valence-corrected chi connectivity index (χ4v) is 4.94. The number of nitrogens with zero attached hydrogens (tertiary/aromatic N) is 2. The number of phenols is 1. The van der Waals surface area contributed by atoms with Crippen LogP contribution in [0.1, 0.15) is 31.0 Å². The van der Waals surface area contributed by atoms with Crippen LogP contribution < -0.4 is 24.4 Å². The molecule has 0 radical (unpaired) electrons. The minimum Gasteiger partial charge on any atom is -0.504 e. The number of rotatable bonds is 5. The summed E-state index contributed by atoms with van der Waals surface area (Å²) in [5.41, 5.74) is 2.19. The highest BCUT2D eigenvalue weighted by atomic mass is 32.1. The van der Waals surface area contributed by atoms with Crippen molar-refractivity contribution in [3.63, 3.8) is 0 Å². The van der Waals surface area contributed by atoms with Gasteiger partial charge >= 0.3 is 0 Å². The van der Waals surface area contributed by atoms with Crippen molar-refractivity contribution in [2.75, 3.05) is 14.2 Å². The second-order valence-corrected chi connectivity index (χ2v) is 8.32. The Morgan fingerprint density at radius 2 is 1.88 bits per heavy atom. The number of ketones is 1. The van der Waals surface area contributed by atoms with Gasteiger partial charge in [-0.15, -0.1) is 0 Å². The van der Waals surface area contributed by atoms with Crippen LogP contribution in [0.5, 0.6) is 17.2 Å². The lowest BCUT2D eigenvalue weighted by Gasteiger charge is -2.25. The molecule has 164 valence electrons. The Morgan fingerprint density at radius 3 is 2.56 bits per heavy atom. The van der Waals surface area contributed by atoms with Crippen LogP contribution in [0.2, 0.25) is 0 Å². The fraction of sp³-hybridized carbons (Fsp3) is 0.208. The van der Waals surface area contributed by atoms with Gasteiger partial charge in [0.15, 0.2) is 22.1 Å². The molecule has 0 amide bonds. The van der Waals surface area contributed by atoms with Crippen LogP contribution >= 0.6 is 11.3 Å². The summed E-state index contributed by atoms with van der Waals surface area (Å²) >= 11 is 1.24. The van der Waals surface area contributed by atoms with Crippen molar-refractivity contribution in [2.45, 2.75) is 19.9 Å². The topological polar surface area (TPSA) is 90.1 Å². The van der Waals surface area contributed by atoms with E-state index in [1.54, 1.807) is 42.9 Å². The van der Waals surface area contributed by atoms with E-state index in [0.29, 0.717) is 43.2 Å². The normalized spacial score (nSPS) is 15.9. The molecule has 1 N–H and O–H groups in total. The number of para-hydroxylation sites is 1. The van der Waals surface area contributed by atoms with Crippen LogP contribution in [-0.2, 0) is 4.79 Å². The van der Waals surface area contributed by atoms with E-state index in [0.717, 1.165) is 0 Å². The summed E-state index contributed by atoms with van der Waals surface area (Å²) in [5, 5.41) is 9.84. The Balaban J connectivity index is 1.99. The minimum atomic E-state index is -0.642. The first-order valence-electron chi connectivity index (χ1n) is 9.89. The molecule has 0 fully saturated rings. The Hall–Kier alpha value is -3.65. The van der Waals surface area contributed by atoms with E-state index in [2.05, 4.69) is 4.99 Å². The molecule has 7 nitrogen and oxygen atoms in total. The van der Waals surface area contributed by atoms with Crippen LogP contribution in [0.25, 0.3) is 6.08 Å². The summed E-state index contributed by atoms with van der Waals surface area (Å²) in [6.45, 7) is 3.26. The summed E-state index contributed by atoms with van der Waals surface area (Å²) in [7, 11) is 3.02.